The van der Waals surface area contributed by atoms with Crippen molar-refractivity contribution in [2.45, 2.75) is 33.1 Å². The molecule has 2 aromatic heterocycles. The maximum absolute atomic E-state index is 4.36. The molecule has 0 radical (unpaired) electrons. The quantitative estimate of drug-likeness (QED) is 0.766. The van der Waals surface area contributed by atoms with E-state index < -0.39 is 0 Å². The summed E-state index contributed by atoms with van der Waals surface area (Å²) < 4.78 is 1.69. The fourth-order valence-electron chi connectivity index (χ4n) is 1.83. The predicted octanol–water partition coefficient (Wildman–Crippen LogP) is 2.10. The zero-order chi connectivity index (χ0) is 10.7. The Morgan fingerprint density at radius 3 is 3.07 bits per heavy atom. The van der Waals surface area contributed by atoms with Gasteiger partial charge in [-0.2, -0.15) is 5.10 Å². The minimum atomic E-state index is 0.688. The van der Waals surface area contributed by atoms with E-state index in [0.717, 1.165) is 17.8 Å². The summed E-state index contributed by atoms with van der Waals surface area (Å²) in [5.74, 6) is 0.688. The molecule has 2 heterocycles. The lowest BCUT2D eigenvalue weighted by molar-refractivity contribution is 0.516. The van der Waals surface area contributed by atoms with Gasteiger partial charge in [-0.05, 0) is 12.3 Å². The van der Waals surface area contributed by atoms with Gasteiger partial charge < -0.3 is 0 Å². The van der Waals surface area contributed by atoms with Crippen LogP contribution in [0.1, 0.15) is 32.4 Å². The maximum Gasteiger partial charge on any atom is 0.158 e. The van der Waals surface area contributed by atoms with Crippen LogP contribution in [0.15, 0.2) is 18.7 Å². The molecule has 15 heavy (non-hydrogen) atoms. The second kappa shape index (κ2) is 4.38. The van der Waals surface area contributed by atoms with Crippen LogP contribution in [0.2, 0.25) is 0 Å². The van der Waals surface area contributed by atoms with Gasteiger partial charge in [-0.1, -0.05) is 26.7 Å². The first kappa shape index (κ1) is 10.1. The minimum Gasteiger partial charge on any atom is -0.241 e. The lowest BCUT2D eigenvalue weighted by Crippen LogP contribution is -2.02. The van der Waals surface area contributed by atoms with E-state index in [1.54, 1.807) is 17.2 Å². The fraction of sp³-hybridized carbons (Fsp3) is 0.545. The molecule has 0 amide bonds. The third kappa shape index (κ3) is 2.32. The van der Waals surface area contributed by atoms with E-state index in [9.17, 15) is 0 Å². The van der Waals surface area contributed by atoms with Gasteiger partial charge in [0.1, 0.15) is 12.7 Å². The van der Waals surface area contributed by atoms with Gasteiger partial charge in [0.05, 0.1) is 0 Å². The van der Waals surface area contributed by atoms with Crippen molar-refractivity contribution in [2.24, 2.45) is 5.92 Å². The average Bonchev–Trinajstić information content (AvgIpc) is 2.65. The second-order valence-electron chi connectivity index (χ2n) is 4.04. The number of hydrogen-bond acceptors (Lipinski definition) is 3. The molecule has 0 aliphatic rings. The normalized spacial score (nSPS) is 13.2. The molecule has 1 atom stereocenters. The second-order valence-corrected chi connectivity index (χ2v) is 4.04. The highest BCUT2D eigenvalue weighted by Crippen LogP contribution is 2.12. The third-order valence-corrected chi connectivity index (χ3v) is 2.57. The minimum absolute atomic E-state index is 0.688. The van der Waals surface area contributed by atoms with Crippen LogP contribution in [-0.4, -0.2) is 19.6 Å². The molecule has 0 aromatic carbocycles. The van der Waals surface area contributed by atoms with E-state index >= 15 is 0 Å². The van der Waals surface area contributed by atoms with E-state index in [0.29, 0.717) is 5.92 Å². The molecule has 80 valence electrons. The lowest BCUT2D eigenvalue weighted by atomic mass is 10.0. The predicted molar refractivity (Wildman–Crippen MR) is 58.6 cm³/mol. The van der Waals surface area contributed by atoms with Crippen molar-refractivity contribution >= 4 is 5.65 Å². The molecule has 0 saturated heterocycles. The molecule has 0 aliphatic heterocycles. The van der Waals surface area contributed by atoms with Gasteiger partial charge in [-0.25, -0.2) is 14.5 Å². The number of fused-ring (bicyclic) bond motifs is 1. The van der Waals surface area contributed by atoms with Crippen LogP contribution in [0.25, 0.3) is 5.65 Å². The summed E-state index contributed by atoms with van der Waals surface area (Å²) in [5, 5.41) is 4.02. The molecular weight excluding hydrogens is 188 g/mol. The van der Waals surface area contributed by atoms with Crippen LogP contribution in [0, 0.1) is 5.92 Å². The van der Waals surface area contributed by atoms with Crippen LogP contribution in [0.3, 0.4) is 0 Å². The first-order valence-corrected chi connectivity index (χ1v) is 5.44. The van der Waals surface area contributed by atoms with Crippen LogP contribution in [-0.2, 0) is 6.42 Å². The largest absolute Gasteiger partial charge is 0.241 e. The first-order chi connectivity index (χ1) is 7.29. The van der Waals surface area contributed by atoms with Crippen molar-refractivity contribution < 1.29 is 0 Å². The molecule has 0 fully saturated rings. The summed E-state index contributed by atoms with van der Waals surface area (Å²) in [6, 6.07) is 2.01. The smallest absolute Gasteiger partial charge is 0.158 e. The van der Waals surface area contributed by atoms with E-state index in [1.807, 2.05) is 6.07 Å². The van der Waals surface area contributed by atoms with Crippen LogP contribution >= 0.6 is 0 Å². The summed E-state index contributed by atoms with van der Waals surface area (Å²) in [6.07, 6.45) is 6.79. The summed E-state index contributed by atoms with van der Waals surface area (Å²) in [4.78, 5) is 8.51. The monoisotopic (exact) mass is 204 g/mol. The lowest BCUT2D eigenvalue weighted by Gasteiger charge is -2.08. The molecule has 4 heteroatoms. The number of aromatic nitrogens is 4. The van der Waals surface area contributed by atoms with Crippen molar-refractivity contribution in [2.75, 3.05) is 0 Å². The molecule has 0 N–H and O–H groups in total. The average molecular weight is 204 g/mol. The molecule has 0 bridgehead atoms. The zero-order valence-corrected chi connectivity index (χ0v) is 9.22. The van der Waals surface area contributed by atoms with Gasteiger partial charge in [-0.3, -0.25) is 0 Å². The zero-order valence-electron chi connectivity index (χ0n) is 9.22. The Hall–Kier alpha value is -1.45. The molecule has 0 spiro atoms. The Kier molecular flexibility index (Phi) is 2.94. The highest BCUT2D eigenvalue weighted by molar-refractivity contribution is 5.36. The van der Waals surface area contributed by atoms with E-state index in [4.69, 9.17) is 0 Å². The Balaban J connectivity index is 2.14. The fourth-order valence-corrected chi connectivity index (χ4v) is 1.83. The van der Waals surface area contributed by atoms with E-state index in [-0.39, 0.29) is 0 Å². The van der Waals surface area contributed by atoms with Gasteiger partial charge in [0, 0.05) is 11.8 Å². The molecule has 0 saturated carbocycles. The molecule has 2 rings (SSSR count). The summed E-state index contributed by atoms with van der Waals surface area (Å²) in [7, 11) is 0. The molecule has 4 nitrogen and oxygen atoms in total. The highest BCUT2D eigenvalue weighted by Gasteiger charge is 2.05. The first-order valence-electron chi connectivity index (χ1n) is 5.44. The van der Waals surface area contributed by atoms with Crippen LogP contribution in [0.5, 0.6) is 0 Å². The third-order valence-electron chi connectivity index (χ3n) is 2.57. The maximum atomic E-state index is 4.36. The van der Waals surface area contributed by atoms with Crippen molar-refractivity contribution in [3.05, 3.63) is 24.4 Å². The van der Waals surface area contributed by atoms with E-state index in [2.05, 4.69) is 28.9 Å². The van der Waals surface area contributed by atoms with Gasteiger partial charge in [0.2, 0.25) is 0 Å². The van der Waals surface area contributed by atoms with E-state index in [1.165, 1.54) is 12.8 Å². The van der Waals surface area contributed by atoms with Gasteiger partial charge in [-0.15, -0.1) is 0 Å². The van der Waals surface area contributed by atoms with Crippen molar-refractivity contribution in [3.8, 4) is 0 Å². The standard InChI is InChI=1S/C11H16N4/c1-3-4-9(2)5-10-6-11-12-7-14-15(11)8-13-10/h6-9H,3-5H2,1-2H3. The van der Waals surface area contributed by atoms with Crippen LogP contribution < -0.4 is 0 Å². The summed E-state index contributed by atoms with van der Waals surface area (Å²) in [6.45, 7) is 4.48. The van der Waals surface area contributed by atoms with Crippen molar-refractivity contribution in [1.82, 2.24) is 19.6 Å². The van der Waals surface area contributed by atoms with Gasteiger partial charge >= 0.3 is 0 Å². The topological polar surface area (TPSA) is 43.1 Å². The van der Waals surface area contributed by atoms with Crippen LogP contribution in [0.4, 0.5) is 0 Å². The molecular formula is C11H16N4. The Labute approximate surface area is 89.4 Å². The van der Waals surface area contributed by atoms with Crippen molar-refractivity contribution in [3.63, 3.8) is 0 Å². The number of rotatable bonds is 4. The summed E-state index contributed by atoms with van der Waals surface area (Å²) in [5.41, 5.74) is 1.99. The Bertz CT molecular complexity index is 435. The molecule has 2 aromatic rings. The van der Waals surface area contributed by atoms with Gasteiger partial charge in [0.15, 0.2) is 5.65 Å². The highest BCUT2D eigenvalue weighted by atomic mass is 15.3. The molecule has 1 unspecified atom stereocenters. The summed E-state index contributed by atoms with van der Waals surface area (Å²) >= 11 is 0. The van der Waals surface area contributed by atoms with Crippen molar-refractivity contribution in [1.29, 1.82) is 0 Å². The Morgan fingerprint density at radius 2 is 2.27 bits per heavy atom. The number of hydrogen-bond donors (Lipinski definition) is 0. The molecule has 0 aliphatic carbocycles. The SMILES string of the molecule is CCCC(C)Cc1cc2ncnn2cn1. The van der Waals surface area contributed by atoms with Gasteiger partial charge in [0.25, 0.3) is 0 Å². The number of nitrogens with zero attached hydrogens (tertiary/aromatic N) is 4. The Morgan fingerprint density at radius 1 is 1.40 bits per heavy atom.